The van der Waals surface area contributed by atoms with Gasteiger partial charge >= 0.3 is 0 Å². The van der Waals surface area contributed by atoms with E-state index in [-0.39, 0.29) is 17.9 Å². The average Bonchev–Trinajstić information content (AvgIpc) is 2.72. The number of piperidine rings is 1. The first-order valence-electron chi connectivity index (χ1n) is 9.83. The summed E-state index contributed by atoms with van der Waals surface area (Å²) in [6, 6.07) is 9.11. The van der Waals surface area contributed by atoms with E-state index in [0.29, 0.717) is 29.6 Å². The minimum atomic E-state index is -1.14. The third kappa shape index (κ3) is 4.23. The molecule has 3 heterocycles. The van der Waals surface area contributed by atoms with Crippen LogP contribution in [0.3, 0.4) is 0 Å². The molecule has 0 radical (unpaired) electrons. The third-order valence-corrected chi connectivity index (χ3v) is 5.27. The first kappa shape index (κ1) is 20.2. The Morgan fingerprint density at radius 2 is 2.03 bits per heavy atom. The molecular weight excluding hydrogens is 388 g/mol. The van der Waals surface area contributed by atoms with E-state index in [4.69, 9.17) is 0 Å². The van der Waals surface area contributed by atoms with Crippen LogP contribution in [0.5, 0.6) is 0 Å². The van der Waals surface area contributed by atoms with Gasteiger partial charge in [-0.25, -0.2) is 13.8 Å². The van der Waals surface area contributed by atoms with Crippen molar-refractivity contribution in [3.05, 3.63) is 59.8 Å². The Bertz CT molecular complexity index is 1090. The number of rotatable bonds is 4. The predicted octanol–water partition coefficient (Wildman–Crippen LogP) is 3.59. The smallest absolute Gasteiger partial charge is 0.270 e. The van der Waals surface area contributed by atoms with Crippen molar-refractivity contribution in [2.45, 2.75) is 25.6 Å². The zero-order valence-electron chi connectivity index (χ0n) is 16.8. The molecule has 4 rings (SSSR count). The van der Waals surface area contributed by atoms with Gasteiger partial charge in [-0.3, -0.25) is 9.78 Å². The summed E-state index contributed by atoms with van der Waals surface area (Å²) in [5.74, 6) is -0.878. The molecule has 1 amide bonds. The van der Waals surface area contributed by atoms with Gasteiger partial charge in [0.1, 0.15) is 17.7 Å². The van der Waals surface area contributed by atoms with E-state index in [2.05, 4.69) is 20.6 Å². The molecule has 1 aromatic carbocycles. The summed E-state index contributed by atoms with van der Waals surface area (Å²) < 4.78 is 28.5. The molecule has 0 bridgehead atoms. The molecule has 6 nitrogen and oxygen atoms in total. The summed E-state index contributed by atoms with van der Waals surface area (Å²) >= 11 is 0. The van der Waals surface area contributed by atoms with Gasteiger partial charge in [-0.2, -0.15) is 0 Å². The van der Waals surface area contributed by atoms with Crippen molar-refractivity contribution in [2.75, 3.05) is 25.5 Å². The second-order valence-corrected chi connectivity index (χ2v) is 7.65. The number of likely N-dealkylation sites (tertiary alicyclic amines) is 1. The first-order valence-corrected chi connectivity index (χ1v) is 9.83. The number of hydrogen-bond acceptors (Lipinski definition) is 5. The minimum Gasteiger partial charge on any atom is -0.353 e. The number of halogens is 2. The lowest BCUT2D eigenvalue weighted by Crippen LogP contribution is -2.51. The molecule has 30 heavy (non-hydrogen) atoms. The predicted molar refractivity (Wildman–Crippen MR) is 112 cm³/mol. The van der Waals surface area contributed by atoms with Gasteiger partial charge in [-0.15, -0.1) is 0 Å². The summed E-state index contributed by atoms with van der Waals surface area (Å²) in [4.78, 5) is 23.4. The lowest BCUT2D eigenvalue weighted by Gasteiger charge is -2.32. The molecule has 156 valence electrons. The minimum absolute atomic E-state index is 0.123. The number of fused-ring (bicyclic) bond motifs is 1. The van der Waals surface area contributed by atoms with Crippen molar-refractivity contribution in [1.29, 1.82) is 0 Å². The molecule has 2 aromatic heterocycles. The third-order valence-electron chi connectivity index (χ3n) is 5.27. The number of aryl methyl sites for hydroxylation is 1. The number of amides is 1. The van der Waals surface area contributed by atoms with E-state index in [9.17, 15) is 13.6 Å². The fourth-order valence-electron chi connectivity index (χ4n) is 3.62. The molecule has 3 aromatic rings. The van der Waals surface area contributed by atoms with Crippen LogP contribution in [-0.2, 0) is 0 Å². The highest BCUT2D eigenvalue weighted by Crippen LogP contribution is 2.28. The number of para-hydroxylation sites is 1. The van der Waals surface area contributed by atoms with Crippen LogP contribution >= 0.6 is 0 Å². The van der Waals surface area contributed by atoms with Gasteiger partial charge in [0.25, 0.3) is 5.91 Å². The summed E-state index contributed by atoms with van der Waals surface area (Å²) in [5, 5.41) is 6.52. The molecular formula is C22H23F2N5O. The van der Waals surface area contributed by atoms with Gasteiger partial charge in [0.15, 0.2) is 0 Å². The maximum absolute atomic E-state index is 14.3. The molecule has 1 aliphatic rings. The van der Waals surface area contributed by atoms with Crippen LogP contribution < -0.4 is 10.6 Å². The number of alkyl halides is 1. The van der Waals surface area contributed by atoms with Crippen molar-refractivity contribution in [1.82, 2.24) is 20.2 Å². The molecule has 0 aliphatic carbocycles. The van der Waals surface area contributed by atoms with Gasteiger partial charge < -0.3 is 15.5 Å². The zero-order chi connectivity index (χ0) is 21.3. The zero-order valence-corrected chi connectivity index (χ0v) is 16.8. The Morgan fingerprint density at radius 1 is 1.23 bits per heavy atom. The molecule has 1 aliphatic heterocycles. The Hall–Kier alpha value is -3.13. The van der Waals surface area contributed by atoms with E-state index in [0.717, 1.165) is 5.69 Å². The Kier molecular flexibility index (Phi) is 5.59. The van der Waals surface area contributed by atoms with Crippen LogP contribution in [0.1, 0.15) is 22.6 Å². The lowest BCUT2D eigenvalue weighted by atomic mass is 10.0. The van der Waals surface area contributed by atoms with Crippen LogP contribution in [0.15, 0.2) is 42.6 Å². The van der Waals surface area contributed by atoms with Gasteiger partial charge in [0.2, 0.25) is 0 Å². The average molecular weight is 411 g/mol. The largest absolute Gasteiger partial charge is 0.353 e. The molecule has 1 fully saturated rings. The highest BCUT2D eigenvalue weighted by molar-refractivity contribution is 6.00. The van der Waals surface area contributed by atoms with E-state index < -0.39 is 23.9 Å². The standard InChI is InChI=1S/C22H23F2N5O/c1-13-9-14-19(26-17-6-4-3-5-15(17)23)10-20(27-21(14)11-25-13)22(30)28-18-7-8-29(2)12-16(18)24/h3-6,9-11,16,18H,7-8,12H2,1-2H3,(H,26,27)(H,28,30)/t16-,18+/m1/s1. The van der Waals surface area contributed by atoms with E-state index in [1.165, 1.54) is 6.07 Å². The molecule has 2 atom stereocenters. The van der Waals surface area contributed by atoms with Crippen LogP contribution in [0.4, 0.5) is 20.2 Å². The maximum atomic E-state index is 14.3. The fraction of sp³-hybridized carbons (Fsp3) is 0.318. The Morgan fingerprint density at radius 3 is 2.80 bits per heavy atom. The highest BCUT2D eigenvalue weighted by Gasteiger charge is 2.29. The summed E-state index contributed by atoms with van der Waals surface area (Å²) in [5.41, 5.74) is 2.20. The van der Waals surface area contributed by atoms with Gasteiger partial charge in [0.05, 0.1) is 29.1 Å². The Labute approximate surface area is 173 Å². The molecule has 0 unspecified atom stereocenters. The number of anilines is 2. The van der Waals surface area contributed by atoms with Crippen LogP contribution in [0.2, 0.25) is 0 Å². The number of benzene rings is 1. The van der Waals surface area contributed by atoms with Crippen molar-refractivity contribution < 1.29 is 13.6 Å². The number of nitrogens with zero attached hydrogens (tertiary/aromatic N) is 3. The second kappa shape index (κ2) is 8.31. The fourth-order valence-corrected chi connectivity index (χ4v) is 3.62. The summed E-state index contributed by atoms with van der Waals surface area (Å²) in [6.07, 6.45) is 0.952. The van der Waals surface area contributed by atoms with Gasteiger partial charge in [-0.05, 0) is 44.7 Å². The van der Waals surface area contributed by atoms with Gasteiger partial charge in [-0.1, -0.05) is 12.1 Å². The topological polar surface area (TPSA) is 70.2 Å². The lowest BCUT2D eigenvalue weighted by molar-refractivity contribution is 0.0817. The quantitative estimate of drug-likeness (QED) is 0.687. The van der Waals surface area contributed by atoms with Crippen LogP contribution in [0, 0.1) is 12.7 Å². The molecule has 8 heteroatoms. The van der Waals surface area contributed by atoms with Crippen molar-refractivity contribution in [3.8, 4) is 0 Å². The Balaban J connectivity index is 1.68. The van der Waals surface area contributed by atoms with E-state index >= 15 is 0 Å². The highest BCUT2D eigenvalue weighted by atomic mass is 19.1. The normalized spacial score (nSPS) is 19.6. The molecule has 0 saturated carbocycles. The van der Waals surface area contributed by atoms with Crippen LogP contribution in [-0.4, -0.2) is 53.1 Å². The van der Waals surface area contributed by atoms with Crippen molar-refractivity contribution in [3.63, 3.8) is 0 Å². The number of hydrogen-bond donors (Lipinski definition) is 2. The number of carbonyl (C=O) groups excluding carboxylic acids is 1. The van der Waals surface area contributed by atoms with E-state index in [1.54, 1.807) is 30.5 Å². The molecule has 0 spiro atoms. The first-order chi connectivity index (χ1) is 14.4. The number of nitrogens with one attached hydrogen (secondary N) is 2. The van der Waals surface area contributed by atoms with Crippen molar-refractivity contribution in [2.24, 2.45) is 0 Å². The second-order valence-electron chi connectivity index (χ2n) is 7.65. The SMILES string of the molecule is Cc1cc2c(Nc3ccccc3F)cc(C(=O)N[C@H]3CCN(C)C[C@H]3F)nc2cn1. The van der Waals surface area contributed by atoms with E-state index in [1.807, 2.05) is 24.9 Å². The number of pyridine rings is 2. The molecule has 2 N–H and O–H groups in total. The van der Waals surface area contributed by atoms with Crippen molar-refractivity contribution >= 4 is 28.2 Å². The van der Waals surface area contributed by atoms with Crippen LogP contribution in [0.25, 0.3) is 10.9 Å². The monoisotopic (exact) mass is 411 g/mol. The summed E-state index contributed by atoms with van der Waals surface area (Å²) in [7, 11) is 1.85. The van der Waals surface area contributed by atoms with Gasteiger partial charge in [0, 0.05) is 24.2 Å². The maximum Gasteiger partial charge on any atom is 0.270 e. The molecule has 1 saturated heterocycles. The number of aromatic nitrogens is 2. The number of carbonyl (C=O) groups is 1. The summed E-state index contributed by atoms with van der Waals surface area (Å²) in [6.45, 7) is 2.83.